The van der Waals surface area contributed by atoms with Gasteiger partial charge in [0.1, 0.15) is 21.7 Å². The van der Waals surface area contributed by atoms with Gasteiger partial charge in [-0.3, -0.25) is 9.59 Å². The van der Waals surface area contributed by atoms with Gasteiger partial charge in [0.15, 0.2) is 0 Å². The van der Waals surface area contributed by atoms with Crippen molar-refractivity contribution >= 4 is 23.2 Å². The van der Waals surface area contributed by atoms with Gasteiger partial charge in [0, 0.05) is 5.56 Å². The molecule has 1 heterocycles. The van der Waals surface area contributed by atoms with Crippen molar-refractivity contribution in [2.75, 3.05) is 0 Å². The highest BCUT2D eigenvalue weighted by atomic mass is 32.1. The number of benzene rings is 1. The molecule has 2 N–H and O–H groups in total. The standard InChI is InChI=1S/C14H13FN2O3S/c1-7-11(12(18)16-8(2)14(19)20)21-13(17-7)9-4-3-5-10(15)6-9/h3-6,8H,1-2H3,(H,16,18)(H,19,20)/t8-/m0/s1. The molecule has 1 atom stereocenters. The van der Waals surface area contributed by atoms with Gasteiger partial charge in [-0.15, -0.1) is 11.3 Å². The SMILES string of the molecule is Cc1nc(-c2cccc(F)c2)sc1C(=O)N[C@@H](C)C(=O)O. The summed E-state index contributed by atoms with van der Waals surface area (Å²) in [6, 6.07) is 4.93. The lowest BCUT2D eigenvalue weighted by Gasteiger charge is -2.07. The molecule has 5 nitrogen and oxygen atoms in total. The van der Waals surface area contributed by atoms with Gasteiger partial charge in [0.2, 0.25) is 0 Å². The van der Waals surface area contributed by atoms with Gasteiger partial charge in [-0.1, -0.05) is 12.1 Å². The molecule has 0 bridgehead atoms. The molecule has 0 saturated heterocycles. The number of hydrogen-bond acceptors (Lipinski definition) is 4. The van der Waals surface area contributed by atoms with Crippen molar-refractivity contribution in [2.45, 2.75) is 19.9 Å². The summed E-state index contributed by atoms with van der Waals surface area (Å²) in [5, 5.41) is 11.7. The molecule has 0 saturated carbocycles. The monoisotopic (exact) mass is 308 g/mol. The molecule has 2 rings (SSSR count). The normalized spacial score (nSPS) is 12.0. The summed E-state index contributed by atoms with van der Waals surface area (Å²) in [5.41, 5.74) is 1.06. The number of nitrogens with one attached hydrogen (secondary N) is 1. The average molecular weight is 308 g/mol. The van der Waals surface area contributed by atoms with Gasteiger partial charge < -0.3 is 10.4 Å². The lowest BCUT2D eigenvalue weighted by molar-refractivity contribution is -0.138. The van der Waals surface area contributed by atoms with Crippen LogP contribution in [0.1, 0.15) is 22.3 Å². The second-order valence-corrected chi connectivity index (χ2v) is 5.48. The largest absolute Gasteiger partial charge is 0.480 e. The van der Waals surface area contributed by atoms with Gasteiger partial charge in [-0.05, 0) is 26.0 Å². The van der Waals surface area contributed by atoms with Crippen molar-refractivity contribution < 1.29 is 19.1 Å². The molecular formula is C14H13FN2O3S. The molecule has 110 valence electrons. The van der Waals surface area contributed by atoms with Gasteiger partial charge in [0.05, 0.1) is 5.69 Å². The highest BCUT2D eigenvalue weighted by Crippen LogP contribution is 2.28. The van der Waals surface area contributed by atoms with Crippen LogP contribution in [0.2, 0.25) is 0 Å². The number of aliphatic carboxylic acids is 1. The molecule has 0 aliphatic carbocycles. The predicted octanol–water partition coefficient (Wildman–Crippen LogP) is 2.46. The van der Waals surface area contributed by atoms with Crippen molar-refractivity contribution in [3.8, 4) is 10.6 Å². The van der Waals surface area contributed by atoms with E-state index in [0.29, 0.717) is 21.1 Å². The zero-order chi connectivity index (χ0) is 15.6. The third-order valence-electron chi connectivity index (χ3n) is 2.79. The molecular weight excluding hydrogens is 295 g/mol. The number of rotatable bonds is 4. The Labute approximate surface area is 124 Å². The number of aryl methyl sites for hydroxylation is 1. The zero-order valence-electron chi connectivity index (χ0n) is 11.4. The Kier molecular flexibility index (Phi) is 4.32. The molecule has 0 fully saturated rings. The fraction of sp³-hybridized carbons (Fsp3) is 0.214. The average Bonchev–Trinajstić information content (AvgIpc) is 2.80. The Morgan fingerprint density at radius 2 is 2.14 bits per heavy atom. The summed E-state index contributed by atoms with van der Waals surface area (Å²) < 4.78 is 13.2. The number of carbonyl (C=O) groups excluding carboxylic acids is 1. The summed E-state index contributed by atoms with van der Waals surface area (Å²) in [5.74, 6) is -2.00. The van der Waals surface area contributed by atoms with Crippen LogP contribution in [0.3, 0.4) is 0 Å². The molecule has 0 unspecified atom stereocenters. The molecule has 1 aromatic carbocycles. The number of thiazole rings is 1. The van der Waals surface area contributed by atoms with Crippen LogP contribution in [0.4, 0.5) is 4.39 Å². The number of halogens is 1. The maximum Gasteiger partial charge on any atom is 0.325 e. The topological polar surface area (TPSA) is 79.3 Å². The van der Waals surface area contributed by atoms with Crippen LogP contribution in [0.15, 0.2) is 24.3 Å². The van der Waals surface area contributed by atoms with E-state index >= 15 is 0 Å². The maximum atomic E-state index is 13.2. The maximum absolute atomic E-state index is 13.2. The second kappa shape index (κ2) is 6.01. The van der Waals surface area contributed by atoms with Crippen molar-refractivity contribution in [1.82, 2.24) is 10.3 Å². The first-order valence-electron chi connectivity index (χ1n) is 6.15. The molecule has 2 aromatic rings. The summed E-state index contributed by atoms with van der Waals surface area (Å²) in [7, 11) is 0. The summed E-state index contributed by atoms with van der Waals surface area (Å²) in [6.45, 7) is 3.03. The first-order chi connectivity index (χ1) is 9.88. The van der Waals surface area contributed by atoms with Crippen LogP contribution in [-0.4, -0.2) is 28.0 Å². The molecule has 1 amide bonds. The van der Waals surface area contributed by atoms with E-state index < -0.39 is 17.9 Å². The molecule has 21 heavy (non-hydrogen) atoms. The van der Waals surface area contributed by atoms with Gasteiger partial charge in [-0.25, -0.2) is 9.37 Å². The number of hydrogen-bond donors (Lipinski definition) is 2. The van der Waals surface area contributed by atoms with Crippen LogP contribution >= 0.6 is 11.3 Å². The van der Waals surface area contributed by atoms with Gasteiger partial charge in [-0.2, -0.15) is 0 Å². The number of nitrogens with zero attached hydrogens (tertiary/aromatic N) is 1. The Morgan fingerprint density at radius 1 is 1.43 bits per heavy atom. The Morgan fingerprint density at radius 3 is 2.76 bits per heavy atom. The first kappa shape index (κ1) is 15.1. The zero-order valence-corrected chi connectivity index (χ0v) is 12.2. The number of aromatic nitrogens is 1. The van der Waals surface area contributed by atoms with Crippen LogP contribution in [0.25, 0.3) is 10.6 Å². The summed E-state index contributed by atoms with van der Waals surface area (Å²) in [4.78, 5) is 27.3. The van der Waals surface area contributed by atoms with Crippen molar-refractivity contribution in [3.05, 3.63) is 40.7 Å². The third-order valence-corrected chi connectivity index (χ3v) is 4.00. The van der Waals surface area contributed by atoms with Crippen LogP contribution in [0.5, 0.6) is 0 Å². The van der Waals surface area contributed by atoms with Crippen molar-refractivity contribution in [3.63, 3.8) is 0 Å². The van der Waals surface area contributed by atoms with E-state index in [2.05, 4.69) is 10.3 Å². The summed E-state index contributed by atoms with van der Waals surface area (Å²) >= 11 is 1.10. The number of carboxylic acid groups (broad SMARTS) is 1. The van der Waals surface area contributed by atoms with Crippen LogP contribution in [-0.2, 0) is 4.79 Å². The predicted molar refractivity (Wildman–Crippen MR) is 76.8 cm³/mol. The molecule has 0 aliphatic rings. The Bertz CT molecular complexity index is 699. The minimum atomic E-state index is -1.11. The van der Waals surface area contributed by atoms with E-state index in [1.807, 2.05) is 0 Å². The molecule has 0 radical (unpaired) electrons. The molecule has 1 aromatic heterocycles. The lowest BCUT2D eigenvalue weighted by atomic mass is 10.2. The number of amides is 1. The smallest absolute Gasteiger partial charge is 0.325 e. The molecule has 7 heteroatoms. The van der Waals surface area contributed by atoms with Gasteiger partial charge in [0.25, 0.3) is 5.91 Å². The van der Waals surface area contributed by atoms with E-state index in [4.69, 9.17) is 5.11 Å². The molecule has 0 spiro atoms. The van der Waals surface area contributed by atoms with Crippen LogP contribution < -0.4 is 5.32 Å². The van der Waals surface area contributed by atoms with Crippen LogP contribution in [0, 0.1) is 12.7 Å². The Balaban J connectivity index is 2.27. The number of carboxylic acids is 1. The van der Waals surface area contributed by atoms with E-state index in [0.717, 1.165) is 11.3 Å². The Hall–Kier alpha value is -2.28. The van der Waals surface area contributed by atoms with E-state index in [-0.39, 0.29) is 5.82 Å². The fourth-order valence-electron chi connectivity index (χ4n) is 1.68. The van der Waals surface area contributed by atoms with Crippen molar-refractivity contribution in [2.24, 2.45) is 0 Å². The second-order valence-electron chi connectivity index (χ2n) is 4.48. The van der Waals surface area contributed by atoms with E-state index in [1.54, 1.807) is 19.1 Å². The molecule has 0 aliphatic heterocycles. The first-order valence-corrected chi connectivity index (χ1v) is 6.97. The quantitative estimate of drug-likeness (QED) is 0.909. The highest BCUT2D eigenvalue weighted by molar-refractivity contribution is 7.17. The van der Waals surface area contributed by atoms with Gasteiger partial charge >= 0.3 is 5.97 Å². The van der Waals surface area contributed by atoms with E-state index in [9.17, 15) is 14.0 Å². The minimum Gasteiger partial charge on any atom is -0.480 e. The van der Waals surface area contributed by atoms with E-state index in [1.165, 1.54) is 19.1 Å². The van der Waals surface area contributed by atoms with Crippen molar-refractivity contribution in [1.29, 1.82) is 0 Å². The fourth-order valence-corrected chi connectivity index (χ4v) is 2.64. The summed E-state index contributed by atoms with van der Waals surface area (Å²) in [6.07, 6.45) is 0. The highest BCUT2D eigenvalue weighted by Gasteiger charge is 2.20. The number of carbonyl (C=O) groups is 2. The minimum absolute atomic E-state index is 0.322. The lowest BCUT2D eigenvalue weighted by Crippen LogP contribution is -2.38. The third kappa shape index (κ3) is 3.43.